The summed E-state index contributed by atoms with van der Waals surface area (Å²) < 4.78 is 56.6. The highest BCUT2D eigenvalue weighted by Crippen LogP contribution is 2.41. The van der Waals surface area contributed by atoms with E-state index in [9.17, 15) is 17.6 Å². The number of rotatable bonds is 4. The second kappa shape index (κ2) is 7.66. The molecule has 0 atom stereocenters. The van der Waals surface area contributed by atoms with E-state index in [-0.39, 0.29) is 81.2 Å². The molecule has 0 saturated heterocycles. The normalized spacial score (nSPS) is 22.2. The lowest BCUT2D eigenvalue weighted by atomic mass is 9.86. The van der Waals surface area contributed by atoms with Crippen molar-refractivity contribution >= 4 is 11.9 Å². The van der Waals surface area contributed by atoms with Crippen molar-refractivity contribution in [2.24, 2.45) is 7.05 Å². The Hall–Kier alpha value is -2.46. The smallest absolute Gasteiger partial charge is 0.248 e. The fraction of sp³-hybridized carbons (Fsp3) is 0.684. The second-order valence-electron chi connectivity index (χ2n) is 8.27. The van der Waals surface area contributed by atoms with Gasteiger partial charge in [-0.15, -0.1) is 0 Å². The monoisotopic (exact) mass is 427 g/mol. The Morgan fingerprint density at radius 1 is 0.933 bits per heavy atom. The molecule has 2 saturated carbocycles. The van der Waals surface area contributed by atoms with Gasteiger partial charge >= 0.3 is 0 Å². The summed E-state index contributed by atoms with van der Waals surface area (Å²) in [4.78, 5) is 14.8. The maximum atomic E-state index is 13.7. The van der Waals surface area contributed by atoms with Gasteiger partial charge in [0.05, 0.1) is 0 Å². The summed E-state index contributed by atoms with van der Waals surface area (Å²) in [7, 11) is 1.76. The third kappa shape index (κ3) is 4.49. The van der Waals surface area contributed by atoms with Crippen molar-refractivity contribution in [2.45, 2.75) is 75.3 Å². The first kappa shape index (κ1) is 20.8. The molecule has 2 aliphatic rings. The molecule has 0 unspecified atom stereocenters. The number of aromatic nitrogens is 5. The number of halogens is 4. The first-order chi connectivity index (χ1) is 14.1. The summed E-state index contributed by atoms with van der Waals surface area (Å²) in [5.74, 6) is -4.90. The Morgan fingerprint density at radius 2 is 1.47 bits per heavy atom. The van der Waals surface area contributed by atoms with Crippen LogP contribution in [-0.4, -0.2) is 48.7 Å². The van der Waals surface area contributed by atoms with E-state index in [1.54, 1.807) is 24.0 Å². The number of nitrogen functional groups attached to an aromatic ring is 1. The zero-order chi connectivity index (χ0) is 21.5. The van der Waals surface area contributed by atoms with E-state index in [0.717, 1.165) is 0 Å². The van der Waals surface area contributed by atoms with Crippen LogP contribution in [-0.2, 0) is 7.05 Å². The molecule has 164 valence electrons. The van der Waals surface area contributed by atoms with Gasteiger partial charge in [0.2, 0.25) is 23.7 Å². The lowest BCUT2D eigenvalue weighted by Gasteiger charge is -2.43. The molecule has 2 fully saturated rings. The Morgan fingerprint density at radius 3 is 1.93 bits per heavy atom. The Bertz CT molecular complexity index is 853. The first-order valence-corrected chi connectivity index (χ1v) is 10.2. The quantitative estimate of drug-likeness (QED) is 0.747. The SMILES string of the molecule is Cn1ccc(-c2nc(N)nc(N(C3CCC(F)(F)CC3)C3CCC(F)(F)CC3)n2)n1. The maximum absolute atomic E-state index is 13.7. The Labute approximate surface area is 171 Å². The summed E-state index contributed by atoms with van der Waals surface area (Å²) in [6.07, 6.45) is 1.72. The van der Waals surface area contributed by atoms with Crippen LogP contribution in [0.1, 0.15) is 51.4 Å². The van der Waals surface area contributed by atoms with E-state index in [1.807, 2.05) is 4.90 Å². The highest BCUT2D eigenvalue weighted by atomic mass is 19.3. The number of hydrogen-bond donors (Lipinski definition) is 1. The van der Waals surface area contributed by atoms with Gasteiger partial charge < -0.3 is 10.6 Å². The molecule has 2 N–H and O–H groups in total. The predicted molar refractivity (Wildman–Crippen MR) is 103 cm³/mol. The van der Waals surface area contributed by atoms with Crippen LogP contribution in [0, 0.1) is 0 Å². The molecule has 2 aliphatic carbocycles. The number of alkyl halides is 4. The highest BCUT2D eigenvalue weighted by molar-refractivity contribution is 5.53. The Balaban J connectivity index is 1.68. The van der Waals surface area contributed by atoms with Crippen molar-refractivity contribution in [2.75, 3.05) is 10.6 Å². The van der Waals surface area contributed by atoms with Gasteiger partial charge in [-0.1, -0.05) is 0 Å². The van der Waals surface area contributed by atoms with Crippen molar-refractivity contribution in [3.8, 4) is 11.5 Å². The molecular formula is C19H25F4N7. The van der Waals surface area contributed by atoms with Crippen LogP contribution in [0.2, 0.25) is 0 Å². The molecule has 2 aromatic heterocycles. The number of nitrogens with two attached hydrogens (primary N) is 1. The highest BCUT2D eigenvalue weighted by Gasteiger charge is 2.43. The topological polar surface area (TPSA) is 85.8 Å². The zero-order valence-electron chi connectivity index (χ0n) is 16.7. The molecule has 2 heterocycles. The number of aryl methyl sites for hydroxylation is 1. The van der Waals surface area contributed by atoms with Gasteiger partial charge in [-0.3, -0.25) is 4.68 Å². The summed E-state index contributed by atoms with van der Waals surface area (Å²) in [6, 6.07) is 1.20. The van der Waals surface area contributed by atoms with Crippen LogP contribution >= 0.6 is 0 Å². The molecule has 0 amide bonds. The lowest BCUT2D eigenvalue weighted by Crippen LogP contribution is -2.50. The van der Waals surface area contributed by atoms with Gasteiger partial charge in [-0.25, -0.2) is 17.6 Å². The molecule has 7 nitrogen and oxygen atoms in total. The molecule has 2 aromatic rings. The van der Waals surface area contributed by atoms with E-state index in [4.69, 9.17) is 5.73 Å². The molecule has 30 heavy (non-hydrogen) atoms. The standard InChI is InChI=1S/C19H25F4N7/c1-29-11-6-14(28-29)15-25-16(24)27-17(26-15)30(12-2-7-18(20,21)8-3-12)13-4-9-19(22,23)10-5-13/h6,11-13H,2-5,7-10H2,1H3,(H2,24,25,26,27). The molecule has 0 radical (unpaired) electrons. The van der Waals surface area contributed by atoms with E-state index < -0.39 is 11.8 Å². The van der Waals surface area contributed by atoms with E-state index in [2.05, 4.69) is 20.1 Å². The predicted octanol–water partition coefficient (Wildman–Crippen LogP) is 3.82. The van der Waals surface area contributed by atoms with Gasteiger partial charge in [-0.2, -0.15) is 20.1 Å². The van der Waals surface area contributed by atoms with Crippen LogP contribution in [0.3, 0.4) is 0 Å². The van der Waals surface area contributed by atoms with Gasteiger partial charge in [0.25, 0.3) is 0 Å². The summed E-state index contributed by atoms with van der Waals surface area (Å²) in [6.45, 7) is 0. The molecule has 11 heteroatoms. The van der Waals surface area contributed by atoms with Crippen LogP contribution < -0.4 is 10.6 Å². The zero-order valence-corrected chi connectivity index (χ0v) is 16.7. The van der Waals surface area contributed by atoms with Crippen molar-refractivity contribution in [3.05, 3.63) is 12.3 Å². The molecule has 0 bridgehead atoms. The second-order valence-corrected chi connectivity index (χ2v) is 8.27. The van der Waals surface area contributed by atoms with Crippen molar-refractivity contribution < 1.29 is 17.6 Å². The minimum atomic E-state index is -2.70. The third-order valence-corrected chi connectivity index (χ3v) is 5.97. The largest absolute Gasteiger partial charge is 0.368 e. The summed E-state index contributed by atoms with van der Waals surface area (Å²) in [5, 5.41) is 4.28. The molecule has 0 aromatic carbocycles. The Kier molecular flexibility index (Phi) is 5.31. The minimum Gasteiger partial charge on any atom is -0.368 e. The van der Waals surface area contributed by atoms with Crippen LogP contribution in [0.5, 0.6) is 0 Å². The average Bonchev–Trinajstić information content (AvgIpc) is 3.10. The molecule has 0 aliphatic heterocycles. The number of anilines is 2. The van der Waals surface area contributed by atoms with Gasteiger partial charge in [0.15, 0.2) is 5.82 Å². The van der Waals surface area contributed by atoms with Crippen molar-refractivity contribution in [3.63, 3.8) is 0 Å². The van der Waals surface area contributed by atoms with Crippen molar-refractivity contribution in [1.29, 1.82) is 0 Å². The summed E-state index contributed by atoms with van der Waals surface area (Å²) >= 11 is 0. The minimum absolute atomic E-state index is 0.0204. The van der Waals surface area contributed by atoms with E-state index >= 15 is 0 Å². The van der Waals surface area contributed by atoms with E-state index in [1.165, 1.54) is 0 Å². The molecule has 0 spiro atoms. The fourth-order valence-corrected chi connectivity index (χ4v) is 4.38. The lowest BCUT2D eigenvalue weighted by molar-refractivity contribution is -0.0459. The summed E-state index contributed by atoms with van der Waals surface area (Å²) in [5.41, 5.74) is 6.42. The van der Waals surface area contributed by atoms with Gasteiger partial charge in [0.1, 0.15) is 5.69 Å². The van der Waals surface area contributed by atoms with Crippen LogP contribution in [0.25, 0.3) is 11.5 Å². The fourth-order valence-electron chi connectivity index (χ4n) is 4.38. The van der Waals surface area contributed by atoms with E-state index in [0.29, 0.717) is 5.69 Å². The van der Waals surface area contributed by atoms with Gasteiger partial charge in [0, 0.05) is 51.0 Å². The first-order valence-electron chi connectivity index (χ1n) is 10.2. The third-order valence-electron chi connectivity index (χ3n) is 5.97. The van der Waals surface area contributed by atoms with Crippen LogP contribution in [0.15, 0.2) is 12.3 Å². The van der Waals surface area contributed by atoms with Crippen LogP contribution in [0.4, 0.5) is 29.5 Å². The molecule has 4 rings (SSSR count). The number of nitrogens with zero attached hydrogens (tertiary/aromatic N) is 6. The average molecular weight is 427 g/mol. The van der Waals surface area contributed by atoms with Gasteiger partial charge in [-0.05, 0) is 31.7 Å². The maximum Gasteiger partial charge on any atom is 0.248 e. The van der Waals surface area contributed by atoms with Crippen molar-refractivity contribution in [1.82, 2.24) is 24.7 Å². The molecular weight excluding hydrogens is 402 g/mol. The number of hydrogen-bond acceptors (Lipinski definition) is 6.